The molecule has 2 saturated carbocycles. The summed E-state index contributed by atoms with van der Waals surface area (Å²) in [5, 5.41) is 15.6. The molecule has 0 radical (unpaired) electrons. The van der Waals surface area contributed by atoms with Crippen molar-refractivity contribution >= 4 is 27.9 Å². The van der Waals surface area contributed by atoms with Crippen molar-refractivity contribution in [2.45, 2.75) is 114 Å². The van der Waals surface area contributed by atoms with Crippen LogP contribution in [0.3, 0.4) is 0 Å². The van der Waals surface area contributed by atoms with Gasteiger partial charge >= 0.3 is 6.09 Å². The lowest BCUT2D eigenvalue weighted by atomic mass is 9.97. The van der Waals surface area contributed by atoms with Gasteiger partial charge in [-0.05, 0) is 64.2 Å². The molecule has 40 heavy (non-hydrogen) atoms. The molecule has 0 aromatic carbocycles. The molecule has 3 fully saturated rings. The first-order valence-corrected chi connectivity index (χ1v) is 16.1. The number of sulfonamides is 1. The third-order valence-electron chi connectivity index (χ3n) is 7.63. The number of allylic oxidation sites excluding steroid dienone is 1. The molecule has 4 N–H and O–H groups in total. The van der Waals surface area contributed by atoms with Crippen LogP contribution in [0.4, 0.5) is 4.79 Å². The highest BCUT2D eigenvalue weighted by molar-refractivity contribution is 7.90. The van der Waals surface area contributed by atoms with E-state index in [0.717, 1.165) is 51.4 Å². The average molecular weight is 581 g/mol. The second-order valence-corrected chi connectivity index (χ2v) is 12.9. The Kier molecular flexibility index (Phi) is 12.3. The molecular formula is C28H44N4O7S. The summed E-state index contributed by atoms with van der Waals surface area (Å²) in [6, 6.07) is -1.99. The highest BCUT2D eigenvalue weighted by Crippen LogP contribution is 2.28. The minimum atomic E-state index is -3.77. The number of nitrogens with one attached hydrogen (secondary N) is 3. The summed E-state index contributed by atoms with van der Waals surface area (Å²) in [5.74, 6) is 0.786. The van der Waals surface area contributed by atoms with Crippen molar-refractivity contribution < 1.29 is 32.6 Å². The van der Waals surface area contributed by atoms with Gasteiger partial charge in [-0.1, -0.05) is 37.8 Å². The molecule has 0 aromatic rings. The van der Waals surface area contributed by atoms with Gasteiger partial charge in [-0.3, -0.25) is 9.59 Å². The number of carbonyl (C=O) groups excluding carboxylic acids is 3. The zero-order valence-corrected chi connectivity index (χ0v) is 24.2. The minimum absolute atomic E-state index is 0.133. The molecule has 2 aliphatic carbocycles. The SMILES string of the molecule is C#CC(C=CCCCCC)C(NC(=O)C1CCCN1C(=O)CNC(=O)OC1CCCC1)C(O)NS(=O)(=O)C1CC1. The predicted molar refractivity (Wildman–Crippen MR) is 150 cm³/mol. The molecule has 0 bridgehead atoms. The van der Waals surface area contributed by atoms with Crippen molar-refractivity contribution in [1.82, 2.24) is 20.3 Å². The molecule has 224 valence electrons. The summed E-state index contributed by atoms with van der Waals surface area (Å²) in [6.45, 7) is 2.11. The first kappa shape index (κ1) is 31.9. The molecule has 11 nitrogen and oxygen atoms in total. The molecule has 1 saturated heterocycles. The number of terminal acetylenes is 1. The van der Waals surface area contributed by atoms with Crippen LogP contribution in [-0.2, 0) is 24.3 Å². The van der Waals surface area contributed by atoms with E-state index in [-0.39, 0.29) is 12.6 Å². The molecule has 1 aliphatic heterocycles. The molecule has 4 atom stereocenters. The van der Waals surface area contributed by atoms with Gasteiger partial charge in [-0.15, -0.1) is 6.42 Å². The van der Waals surface area contributed by atoms with Gasteiger partial charge in [0.15, 0.2) is 0 Å². The smallest absolute Gasteiger partial charge is 0.407 e. The Balaban J connectivity index is 1.64. The number of unbranched alkanes of at least 4 members (excludes halogenated alkanes) is 3. The maximum absolute atomic E-state index is 13.4. The molecule has 3 aliphatic rings. The summed E-state index contributed by atoms with van der Waals surface area (Å²) < 4.78 is 32.6. The molecule has 4 unspecified atom stereocenters. The van der Waals surface area contributed by atoms with Crippen LogP contribution in [0, 0.1) is 18.3 Å². The Morgan fingerprint density at radius 2 is 1.85 bits per heavy atom. The lowest BCUT2D eigenvalue weighted by Gasteiger charge is -2.31. The standard InChI is InChI=1S/C28H44N4O7S/c1-3-5-6-7-8-12-20(4-2)25(27(35)31-40(37,38)22-16-17-22)30-26(34)23-15-11-18-32(23)24(33)19-29-28(36)39-21-13-9-10-14-21/h2,8,12,20-23,25,27,31,35H,3,5-7,9-11,13-19H2,1H3,(H,29,36)(H,30,34). The quantitative estimate of drug-likeness (QED) is 0.0999. The summed E-state index contributed by atoms with van der Waals surface area (Å²) in [7, 11) is -3.77. The second kappa shape index (κ2) is 15.4. The van der Waals surface area contributed by atoms with Crippen molar-refractivity contribution in [3.05, 3.63) is 12.2 Å². The van der Waals surface area contributed by atoms with E-state index in [1.54, 1.807) is 6.08 Å². The van der Waals surface area contributed by atoms with Crippen molar-refractivity contribution in [3.8, 4) is 12.3 Å². The van der Waals surface area contributed by atoms with Crippen LogP contribution in [0.2, 0.25) is 0 Å². The van der Waals surface area contributed by atoms with Gasteiger partial charge in [0, 0.05) is 6.54 Å². The number of nitrogens with zero attached hydrogens (tertiary/aromatic N) is 1. The molecule has 3 amide bonds. The van der Waals surface area contributed by atoms with Crippen LogP contribution in [0.25, 0.3) is 0 Å². The molecule has 12 heteroatoms. The fraction of sp³-hybridized carbons (Fsp3) is 0.750. The van der Waals surface area contributed by atoms with Crippen LogP contribution in [0.1, 0.15) is 84.0 Å². The van der Waals surface area contributed by atoms with E-state index in [9.17, 15) is 27.9 Å². The van der Waals surface area contributed by atoms with Crippen molar-refractivity contribution in [1.29, 1.82) is 0 Å². The van der Waals surface area contributed by atoms with E-state index in [1.807, 2.05) is 6.08 Å². The van der Waals surface area contributed by atoms with E-state index >= 15 is 0 Å². The zero-order valence-electron chi connectivity index (χ0n) is 23.3. The summed E-state index contributed by atoms with van der Waals surface area (Å²) >= 11 is 0. The number of aliphatic hydroxyl groups excluding tert-OH is 1. The second-order valence-electron chi connectivity index (χ2n) is 10.9. The van der Waals surface area contributed by atoms with Gasteiger partial charge in [-0.25, -0.2) is 13.2 Å². The van der Waals surface area contributed by atoms with Gasteiger partial charge < -0.3 is 25.4 Å². The molecular weight excluding hydrogens is 536 g/mol. The third kappa shape index (κ3) is 9.49. The summed E-state index contributed by atoms with van der Waals surface area (Å²) in [4.78, 5) is 39.8. The third-order valence-corrected chi connectivity index (χ3v) is 9.55. The van der Waals surface area contributed by atoms with Crippen LogP contribution < -0.4 is 15.4 Å². The Morgan fingerprint density at radius 1 is 1.12 bits per heavy atom. The van der Waals surface area contributed by atoms with E-state index < -0.39 is 57.4 Å². The molecule has 3 rings (SSSR count). The molecule has 1 heterocycles. The van der Waals surface area contributed by atoms with Crippen molar-refractivity contribution in [2.75, 3.05) is 13.1 Å². The van der Waals surface area contributed by atoms with Gasteiger partial charge in [0.2, 0.25) is 21.8 Å². The highest BCUT2D eigenvalue weighted by atomic mass is 32.2. The fourth-order valence-electron chi connectivity index (χ4n) is 5.16. The van der Waals surface area contributed by atoms with Crippen LogP contribution >= 0.6 is 0 Å². The maximum atomic E-state index is 13.4. The number of carbonyl (C=O) groups is 3. The van der Waals surface area contributed by atoms with E-state index in [2.05, 4.69) is 28.2 Å². The van der Waals surface area contributed by atoms with Gasteiger partial charge in [-0.2, -0.15) is 4.72 Å². The first-order chi connectivity index (χ1) is 19.2. The zero-order chi connectivity index (χ0) is 29.1. The van der Waals surface area contributed by atoms with Crippen molar-refractivity contribution in [2.24, 2.45) is 5.92 Å². The van der Waals surface area contributed by atoms with Crippen molar-refractivity contribution in [3.63, 3.8) is 0 Å². The predicted octanol–water partition coefficient (Wildman–Crippen LogP) is 1.92. The molecule has 0 spiro atoms. The van der Waals surface area contributed by atoms with Gasteiger partial charge in [0.1, 0.15) is 24.9 Å². The van der Waals surface area contributed by atoms with E-state index in [0.29, 0.717) is 32.2 Å². The van der Waals surface area contributed by atoms with Gasteiger partial charge in [0.05, 0.1) is 17.2 Å². The topological polar surface area (TPSA) is 154 Å². The first-order valence-electron chi connectivity index (χ1n) is 14.5. The number of hydrogen-bond donors (Lipinski definition) is 4. The Morgan fingerprint density at radius 3 is 2.50 bits per heavy atom. The molecule has 0 aromatic heterocycles. The normalized spacial score (nSPS) is 22.0. The summed E-state index contributed by atoms with van der Waals surface area (Å²) in [5.41, 5.74) is 0. The summed E-state index contributed by atoms with van der Waals surface area (Å²) in [6.07, 6.45) is 16.3. The number of hydrogen-bond acceptors (Lipinski definition) is 7. The maximum Gasteiger partial charge on any atom is 0.407 e. The highest BCUT2D eigenvalue weighted by Gasteiger charge is 2.41. The Hall–Kier alpha value is -2.62. The number of amides is 3. The minimum Gasteiger partial charge on any atom is -0.446 e. The Labute approximate surface area is 237 Å². The number of alkyl carbamates (subject to hydrolysis) is 1. The van der Waals surface area contributed by atoms with E-state index in [4.69, 9.17) is 11.2 Å². The van der Waals surface area contributed by atoms with Crippen LogP contribution in [-0.4, -0.2) is 79.1 Å². The number of ether oxygens (including phenoxy) is 1. The lowest BCUT2D eigenvalue weighted by molar-refractivity contribution is -0.138. The van der Waals surface area contributed by atoms with Crippen LogP contribution in [0.15, 0.2) is 12.2 Å². The average Bonchev–Trinajstić information content (AvgIpc) is 3.46. The monoisotopic (exact) mass is 580 g/mol. The largest absolute Gasteiger partial charge is 0.446 e. The van der Waals surface area contributed by atoms with Gasteiger partial charge in [0.25, 0.3) is 0 Å². The van der Waals surface area contributed by atoms with E-state index in [1.165, 1.54) is 4.90 Å². The lowest BCUT2D eigenvalue weighted by Crippen LogP contribution is -2.58. The Bertz CT molecular complexity index is 1050. The number of rotatable bonds is 15. The number of likely N-dealkylation sites (tertiary alicyclic amines) is 1. The fourth-order valence-corrected chi connectivity index (χ4v) is 6.59. The number of aliphatic hydroxyl groups is 1. The van der Waals surface area contributed by atoms with Crippen LogP contribution in [0.5, 0.6) is 0 Å².